The van der Waals surface area contributed by atoms with Crippen LogP contribution in [0.25, 0.3) is 0 Å². The van der Waals surface area contributed by atoms with Gasteiger partial charge in [-0.05, 0) is 40.2 Å². The number of rotatable bonds is 8. The SMILES string of the molecule is Cc1cc(C)n(CCCNC(=O)C(C)Cn2nc(C)c([N+](=O)[O-])c2C)n1. The van der Waals surface area contributed by atoms with Crippen LogP contribution in [0, 0.1) is 43.7 Å². The zero-order valence-corrected chi connectivity index (χ0v) is 15.9. The highest BCUT2D eigenvalue weighted by Gasteiger charge is 2.24. The first-order valence-corrected chi connectivity index (χ1v) is 8.67. The third-order valence-electron chi connectivity index (χ3n) is 4.37. The number of carbonyl (C=O) groups excluding carboxylic acids is 1. The molecule has 1 N–H and O–H groups in total. The van der Waals surface area contributed by atoms with E-state index in [0.717, 1.165) is 24.4 Å². The van der Waals surface area contributed by atoms with Crippen molar-refractivity contribution in [3.8, 4) is 0 Å². The van der Waals surface area contributed by atoms with Crippen molar-refractivity contribution in [1.29, 1.82) is 0 Å². The van der Waals surface area contributed by atoms with Crippen LogP contribution in [0.3, 0.4) is 0 Å². The number of nitrogens with zero attached hydrogens (tertiary/aromatic N) is 5. The molecule has 2 aromatic rings. The van der Waals surface area contributed by atoms with Crippen LogP contribution in [-0.2, 0) is 17.9 Å². The minimum Gasteiger partial charge on any atom is -0.356 e. The second-order valence-electron chi connectivity index (χ2n) is 6.65. The van der Waals surface area contributed by atoms with Gasteiger partial charge in [0.1, 0.15) is 11.4 Å². The van der Waals surface area contributed by atoms with Gasteiger partial charge in [0, 0.05) is 18.8 Å². The topological polar surface area (TPSA) is 108 Å². The summed E-state index contributed by atoms with van der Waals surface area (Å²) >= 11 is 0. The van der Waals surface area contributed by atoms with E-state index in [0.29, 0.717) is 24.5 Å². The van der Waals surface area contributed by atoms with Crippen LogP contribution in [0.5, 0.6) is 0 Å². The molecule has 26 heavy (non-hydrogen) atoms. The van der Waals surface area contributed by atoms with Crippen LogP contribution in [-0.4, -0.2) is 36.9 Å². The number of nitrogens with one attached hydrogen (secondary N) is 1. The van der Waals surface area contributed by atoms with Gasteiger partial charge < -0.3 is 5.32 Å². The minimum atomic E-state index is -0.433. The molecule has 0 bridgehead atoms. The lowest BCUT2D eigenvalue weighted by molar-refractivity contribution is -0.386. The molecule has 1 atom stereocenters. The van der Waals surface area contributed by atoms with E-state index < -0.39 is 4.92 Å². The first-order valence-electron chi connectivity index (χ1n) is 8.67. The molecule has 0 aromatic carbocycles. The Kier molecular flexibility index (Phi) is 6.12. The van der Waals surface area contributed by atoms with E-state index >= 15 is 0 Å². The summed E-state index contributed by atoms with van der Waals surface area (Å²) in [5.74, 6) is -0.421. The van der Waals surface area contributed by atoms with Crippen molar-refractivity contribution in [2.75, 3.05) is 6.54 Å². The quantitative estimate of drug-likeness (QED) is 0.439. The first kappa shape index (κ1) is 19.6. The van der Waals surface area contributed by atoms with Crippen LogP contribution < -0.4 is 5.32 Å². The number of hydrogen-bond acceptors (Lipinski definition) is 5. The Labute approximate surface area is 152 Å². The monoisotopic (exact) mass is 362 g/mol. The van der Waals surface area contributed by atoms with Gasteiger partial charge in [0.15, 0.2) is 0 Å². The van der Waals surface area contributed by atoms with Crippen LogP contribution in [0.2, 0.25) is 0 Å². The van der Waals surface area contributed by atoms with Crippen LogP contribution >= 0.6 is 0 Å². The Bertz CT molecular complexity index is 808. The fraction of sp³-hybridized carbons (Fsp3) is 0.588. The molecule has 2 rings (SSSR count). The molecular formula is C17H26N6O3. The highest BCUT2D eigenvalue weighted by molar-refractivity contribution is 5.78. The third-order valence-corrected chi connectivity index (χ3v) is 4.37. The summed E-state index contributed by atoms with van der Waals surface area (Å²) in [6, 6.07) is 2.02. The molecule has 0 aliphatic carbocycles. The number of aromatic nitrogens is 4. The Morgan fingerprint density at radius 3 is 2.50 bits per heavy atom. The zero-order chi connectivity index (χ0) is 19.4. The molecule has 2 aromatic heterocycles. The van der Waals surface area contributed by atoms with Gasteiger partial charge in [-0.3, -0.25) is 24.3 Å². The van der Waals surface area contributed by atoms with E-state index in [-0.39, 0.29) is 17.5 Å². The zero-order valence-electron chi connectivity index (χ0n) is 15.9. The molecule has 9 heteroatoms. The van der Waals surface area contributed by atoms with E-state index in [2.05, 4.69) is 15.5 Å². The molecule has 0 spiro atoms. The van der Waals surface area contributed by atoms with E-state index in [1.165, 1.54) is 4.68 Å². The van der Waals surface area contributed by atoms with E-state index in [1.807, 2.05) is 24.6 Å². The summed E-state index contributed by atoms with van der Waals surface area (Å²) in [5.41, 5.74) is 2.94. The third kappa shape index (κ3) is 4.47. The molecular weight excluding hydrogens is 336 g/mol. The van der Waals surface area contributed by atoms with E-state index in [1.54, 1.807) is 20.8 Å². The molecule has 2 heterocycles. The summed E-state index contributed by atoms with van der Waals surface area (Å²) < 4.78 is 3.47. The summed E-state index contributed by atoms with van der Waals surface area (Å²) in [5, 5.41) is 22.5. The normalized spacial score (nSPS) is 12.2. The van der Waals surface area contributed by atoms with Crippen LogP contribution in [0.4, 0.5) is 5.69 Å². The summed E-state index contributed by atoms with van der Waals surface area (Å²) in [7, 11) is 0. The second kappa shape index (κ2) is 8.11. The molecule has 9 nitrogen and oxygen atoms in total. The molecule has 0 saturated carbocycles. The number of hydrogen-bond donors (Lipinski definition) is 1. The number of carbonyl (C=O) groups is 1. The number of aryl methyl sites for hydroxylation is 4. The van der Waals surface area contributed by atoms with E-state index in [4.69, 9.17) is 0 Å². The highest BCUT2D eigenvalue weighted by atomic mass is 16.6. The lowest BCUT2D eigenvalue weighted by Crippen LogP contribution is -2.33. The lowest BCUT2D eigenvalue weighted by atomic mass is 10.1. The van der Waals surface area contributed by atoms with E-state index in [9.17, 15) is 14.9 Å². The highest BCUT2D eigenvalue weighted by Crippen LogP contribution is 2.22. The van der Waals surface area contributed by atoms with Crippen molar-refractivity contribution in [2.45, 2.75) is 54.1 Å². The van der Waals surface area contributed by atoms with Gasteiger partial charge >= 0.3 is 5.69 Å². The van der Waals surface area contributed by atoms with Crippen molar-refractivity contribution in [3.05, 3.63) is 39.0 Å². The van der Waals surface area contributed by atoms with Crippen molar-refractivity contribution in [1.82, 2.24) is 24.9 Å². The predicted molar refractivity (Wildman–Crippen MR) is 96.8 cm³/mol. The smallest absolute Gasteiger partial charge is 0.312 e. The Morgan fingerprint density at radius 2 is 1.96 bits per heavy atom. The number of nitro groups is 1. The number of amides is 1. The van der Waals surface area contributed by atoms with Gasteiger partial charge in [-0.15, -0.1) is 0 Å². The standard InChI is InChI=1S/C17H26N6O3/c1-11(10-22-15(5)16(23(25)26)14(4)20-22)17(24)18-7-6-8-21-13(3)9-12(2)19-21/h9,11H,6-8,10H2,1-5H3,(H,18,24). The van der Waals surface area contributed by atoms with Gasteiger partial charge in [-0.25, -0.2) is 0 Å². The maximum atomic E-state index is 12.3. The molecule has 0 aliphatic heterocycles. The molecule has 0 fully saturated rings. The van der Waals surface area contributed by atoms with Gasteiger partial charge in [-0.2, -0.15) is 10.2 Å². The van der Waals surface area contributed by atoms with Crippen molar-refractivity contribution < 1.29 is 9.72 Å². The van der Waals surface area contributed by atoms with Crippen molar-refractivity contribution in [2.24, 2.45) is 5.92 Å². The molecule has 142 valence electrons. The molecule has 0 aliphatic rings. The average molecular weight is 362 g/mol. The summed E-state index contributed by atoms with van der Waals surface area (Å²) in [6.07, 6.45) is 0.784. The van der Waals surface area contributed by atoms with Gasteiger partial charge in [-0.1, -0.05) is 6.92 Å². The largest absolute Gasteiger partial charge is 0.356 e. The fourth-order valence-corrected chi connectivity index (χ4v) is 2.99. The van der Waals surface area contributed by atoms with Crippen LogP contribution in [0.1, 0.15) is 36.1 Å². The summed E-state index contributed by atoms with van der Waals surface area (Å²) in [4.78, 5) is 22.9. The second-order valence-corrected chi connectivity index (χ2v) is 6.65. The molecule has 1 amide bonds. The maximum absolute atomic E-state index is 12.3. The van der Waals surface area contributed by atoms with Crippen molar-refractivity contribution >= 4 is 11.6 Å². The van der Waals surface area contributed by atoms with Crippen LogP contribution in [0.15, 0.2) is 6.07 Å². The Hall–Kier alpha value is -2.71. The molecule has 0 saturated heterocycles. The average Bonchev–Trinajstić information content (AvgIpc) is 3.01. The lowest BCUT2D eigenvalue weighted by Gasteiger charge is -2.13. The summed E-state index contributed by atoms with van der Waals surface area (Å²) in [6.45, 7) is 10.6. The van der Waals surface area contributed by atoms with Gasteiger partial charge in [0.2, 0.25) is 5.91 Å². The van der Waals surface area contributed by atoms with Gasteiger partial charge in [0.05, 0.1) is 23.1 Å². The predicted octanol–water partition coefficient (Wildman–Crippen LogP) is 2.06. The molecule has 1 unspecified atom stereocenters. The molecule has 0 radical (unpaired) electrons. The first-order chi connectivity index (χ1) is 12.2. The van der Waals surface area contributed by atoms with Crippen molar-refractivity contribution in [3.63, 3.8) is 0 Å². The minimum absolute atomic E-state index is 0.0162. The maximum Gasteiger partial charge on any atom is 0.312 e. The fourth-order valence-electron chi connectivity index (χ4n) is 2.99. The Balaban J connectivity index is 1.83. The van der Waals surface area contributed by atoms with Gasteiger partial charge in [0.25, 0.3) is 0 Å². The Morgan fingerprint density at radius 1 is 1.27 bits per heavy atom.